The molecule has 0 aliphatic carbocycles. The number of nitrogens with one attached hydrogen (secondary N) is 1. The molecule has 1 aromatic carbocycles. The standard InChI is InChI=1S/C23H22N2O5/c1-4-29-23(28)21-15(3)25-14(2)20(21)18(26)13-30-19(27)11-10-17-8-5-7-16-9-6-12-24-22(16)17/h5-12,25H,4,13H2,1-3H3/b11-10+. The molecule has 0 bridgehead atoms. The monoisotopic (exact) mass is 406 g/mol. The fourth-order valence-corrected chi connectivity index (χ4v) is 3.27. The number of para-hydroxylation sites is 1. The van der Waals surface area contributed by atoms with Crippen molar-refractivity contribution in [1.82, 2.24) is 9.97 Å². The molecule has 2 aromatic heterocycles. The highest BCUT2D eigenvalue weighted by atomic mass is 16.5. The smallest absolute Gasteiger partial charge is 0.340 e. The molecule has 0 fully saturated rings. The van der Waals surface area contributed by atoms with Gasteiger partial charge >= 0.3 is 11.9 Å². The van der Waals surface area contributed by atoms with Crippen molar-refractivity contribution in [2.24, 2.45) is 0 Å². The van der Waals surface area contributed by atoms with E-state index < -0.39 is 24.3 Å². The molecule has 1 N–H and O–H groups in total. The normalized spacial score (nSPS) is 11.0. The quantitative estimate of drug-likeness (QED) is 0.364. The molecule has 3 rings (SSSR count). The van der Waals surface area contributed by atoms with Crippen LogP contribution >= 0.6 is 0 Å². The maximum atomic E-state index is 12.6. The lowest BCUT2D eigenvalue weighted by Gasteiger charge is -2.06. The molecule has 0 amide bonds. The third kappa shape index (κ3) is 4.46. The summed E-state index contributed by atoms with van der Waals surface area (Å²) in [6.07, 6.45) is 4.52. The molecule has 0 aliphatic heterocycles. The van der Waals surface area contributed by atoms with E-state index in [9.17, 15) is 14.4 Å². The van der Waals surface area contributed by atoms with E-state index in [-0.39, 0.29) is 17.7 Å². The molecule has 0 unspecified atom stereocenters. The molecule has 2 heterocycles. The second kappa shape index (κ2) is 9.17. The Morgan fingerprint density at radius 2 is 1.77 bits per heavy atom. The summed E-state index contributed by atoms with van der Waals surface area (Å²) in [7, 11) is 0. The van der Waals surface area contributed by atoms with Gasteiger partial charge in [0.2, 0.25) is 5.78 Å². The van der Waals surface area contributed by atoms with Gasteiger partial charge < -0.3 is 14.5 Å². The average Bonchev–Trinajstić information content (AvgIpc) is 3.04. The molecule has 3 aromatic rings. The number of ketones is 1. The highest BCUT2D eigenvalue weighted by Crippen LogP contribution is 2.21. The minimum Gasteiger partial charge on any atom is -0.462 e. The lowest BCUT2D eigenvalue weighted by atomic mass is 10.1. The summed E-state index contributed by atoms with van der Waals surface area (Å²) < 4.78 is 10.1. The first-order valence-corrected chi connectivity index (χ1v) is 9.50. The molecule has 30 heavy (non-hydrogen) atoms. The van der Waals surface area contributed by atoms with Gasteiger partial charge in [0.25, 0.3) is 0 Å². The number of Topliss-reactive ketones (excluding diaryl/α,β-unsaturated/α-hetero) is 1. The molecular formula is C23H22N2O5. The van der Waals surface area contributed by atoms with Crippen molar-refractivity contribution in [3.63, 3.8) is 0 Å². The van der Waals surface area contributed by atoms with Crippen LogP contribution in [-0.2, 0) is 14.3 Å². The van der Waals surface area contributed by atoms with Gasteiger partial charge in [-0.2, -0.15) is 0 Å². The Kier molecular flexibility index (Phi) is 6.41. The summed E-state index contributed by atoms with van der Waals surface area (Å²) in [6.45, 7) is 4.76. The van der Waals surface area contributed by atoms with E-state index in [4.69, 9.17) is 9.47 Å². The summed E-state index contributed by atoms with van der Waals surface area (Å²) >= 11 is 0. The summed E-state index contributed by atoms with van der Waals surface area (Å²) in [5, 5.41) is 0.952. The number of aromatic amines is 1. The molecule has 0 saturated heterocycles. The summed E-state index contributed by atoms with van der Waals surface area (Å²) in [5.74, 6) is -1.73. The number of benzene rings is 1. The Hall–Kier alpha value is -3.74. The highest BCUT2D eigenvalue weighted by Gasteiger charge is 2.25. The number of aromatic nitrogens is 2. The second-order valence-electron chi connectivity index (χ2n) is 6.63. The zero-order valence-electron chi connectivity index (χ0n) is 17.0. The predicted molar refractivity (Wildman–Crippen MR) is 112 cm³/mol. The average molecular weight is 406 g/mol. The first-order chi connectivity index (χ1) is 14.4. The van der Waals surface area contributed by atoms with Crippen molar-refractivity contribution in [2.75, 3.05) is 13.2 Å². The Morgan fingerprint density at radius 1 is 1.03 bits per heavy atom. The van der Waals surface area contributed by atoms with Crippen molar-refractivity contribution >= 4 is 34.7 Å². The van der Waals surface area contributed by atoms with Crippen LogP contribution in [0.1, 0.15) is 44.6 Å². The minimum absolute atomic E-state index is 0.174. The zero-order valence-corrected chi connectivity index (χ0v) is 17.0. The van der Waals surface area contributed by atoms with E-state index in [2.05, 4.69) is 9.97 Å². The van der Waals surface area contributed by atoms with Crippen molar-refractivity contribution in [2.45, 2.75) is 20.8 Å². The number of esters is 2. The topological polar surface area (TPSA) is 98.4 Å². The molecule has 0 atom stereocenters. The largest absolute Gasteiger partial charge is 0.462 e. The summed E-state index contributed by atoms with van der Waals surface area (Å²) in [4.78, 5) is 44.2. The number of rotatable bonds is 7. The van der Waals surface area contributed by atoms with Gasteiger partial charge in [-0.15, -0.1) is 0 Å². The van der Waals surface area contributed by atoms with Crippen LogP contribution in [0, 0.1) is 13.8 Å². The number of carbonyl (C=O) groups excluding carboxylic acids is 3. The van der Waals surface area contributed by atoms with Gasteiger partial charge in [0, 0.05) is 34.6 Å². The Labute approximate surface area is 173 Å². The molecule has 154 valence electrons. The molecular weight excluding hydrogens is 384 g/mol. The highest BCUT2D eigenvalue weighted by molar-refractivity contribution is 6.09. The fraction of sp³-hybridized carbons (Fsp3) is 0.217. The fourth-order valence-electron chi connectivity index (χ4n) is 3.27. The number of nitrogens with zero attached hydrogens (tertiary/aromatic N) is 1. The van der Waals surface area contributed by atoms with Crippen LogP contribution in [0.3, 0.4) is 0 Å². The van der Waals surface area contributed by atoms with Crippen LogP contribution in [-0.4, -0.2) is 40.9 Å². The summed E-state index contributed by atoms with van der Waals surface area (Å²) in [5.41, 5.74) is 2.93. The molecule has 0 aliphatic rings. The minimum atomic E-state index is -0.668. The van der Waals surface area contributed by atoms with Crippen LogP contribution in [0.15, 0.2) is 42.6 Å². The van der Waals surface area contributed by atoms with Gasteiger partial charge in [-0.25, -0.2) is 9.59 Å². The molecule has 0 spiro atoms. The number of fused-ring (bicyclic) bond motifs is 1. The SMILES string of the molecule is CCOC(=O)c1c(C)[nH]c(C)c1C(=O)COC(=O)/C=C/c1cccc2cccnc12. The van der Waals surface area contributed by atoms with E-state index in [1.54, 1.807) is 33.0 Å². The summed E-state index contributed by atoms with van der Waals surface area (Å²) in [6, 6.07) is 9.40. The van der Waals surface area contributed by atoms with E-state index in [1.165, 1.54) is 6.08 Å². The van der Waals surface area contributed by atoms with Crippen LogP contribution in [0.2, 0.25) is 0 Å². The van der Waals surface area contributed by atoms with Gasteiger partial charge in [0.1, 0.15) is 0 Å². The molecule has 7 heteroatoms. The first kappa shape index (κ1) is 21.0. The van der Waals surface area contributed by atoms with Gasteiger partial charge in [-0.1, -0.05) is 24.3 Å². The van der Waals surface area contributed by atoms with E-state index in [0.29, 0.717) is 11.4 Å². The maximum absolute atomic E-state index is 12.6. The van der Waals surface area contributed by atoms with E-state index in [0.717, 1.165) is 16.5 Å². The number of hydrogen-bond acceptors (Lipinski definition) is 6. The van der Waals surface area contributed by atoms with Crippen LogP contribution in [0.5, 0.6) is 0 Å². The van der Waals surface area contributed by atoms with E-state index in [1.807, 2.05) is 30.3 Å². The van der Waals surface area contributed by atoms with Gasteiger partial charge in [-0.05, 0) is 32.9 Å². The third-order valence-corrected chi connectivity index (χ3v) is 4.54. The Morgan fingerprint density at radius 3 is 2.53 bits per heavy atom. The van der Waals surface area contributed by atoms with E-state index >= 15 is 0 Å². The van der Waals surface area contributed by atoms with Crippen molar-refractivity contribution < 1.29 is 23.9 Å². The number of hydrogen-bond donors (Lipinski definition) is 1. The van der Waals surface area contributed by atoms with Crippen LogP contribution in [0.4, 0.5) is 0 Å². The van der Waals surface area contributed by atoms with Gasteiger partial charge in [0.05, 0.1) is 23.3 Å². The molecule has 0 saturated carbocycles. The zero-order chi connectivity index (χ0) is 21.7. The number of H-pyrrole nitrogens is 1. The molecule has 7 nitrogen and oxygen atoms in total. The van der Waals surface area contributed by atoms with Gasteiger partial charge in [0.15, 0.2) is 6.61 Å². The van der Waals surface area contributed by atoms with Gasteiger partial charge in [-0.3, -0.25) is 9.78 Å². The van der Waals surface area contributed by atoms with Crippen LogP contribution in [0.25, 0.3) is 17.0 Å². The Bertz CT molecular complexity index is 1140. The second-order valence-corrected chi connectivity index (χ2v) is 6.63. The Balaban J connectivity index is 1.70. The van der Waals surface area contributed by atoms with Crippen molar-refractivity contribution in [3.8, 4) is 0 Å². The first-order valence-electron chi connectivity index (χ1n) is 9.50. The van der Waals surface area contributed by atoms with Crippen LogP contribution < -0.4 is 0 Å². The lowest BCUT2D eigenvalue weighted by molar-refractivity contribution is -0.136. The number of ether oxygens (including phenoxy) is 2. The molecule has 0 radical (unpaired) electrons. The number of aryl methyl sites for hydroxylation is 2. The van der Waals surface area contributed by atoms with Crippen molar-refractivity contribution in [3.05, 3.63) is 70.7 Å². The number of pyridine rings is 1. The van der Waals surface area contributed by atoms with Crippen molar-refractivity contribution in [1.29, 1.82) is 0 Å². The predicted octanol–water partition coefficient (Wildman–Crippen LogP) is 3.80. The lowest BCUT2D eigenvalue weighted by Crippen LogP contribution is -2.17. The number of carbonyl (C=O) groups is 3. The third-order valence-electron chi connectivity index (χ3n) is 4.54. The maximum Gasteiger partial charge on any atom is 0.340 e.